The van der Waals surface area contributed by atoms with Crippen LogP contribution in [0, 0.1) is 6.92 Å². The summed E-state index contributed by atoms with van der Waals surface area (Å²) in [5, 5.41) is 0. The van der Waals surface area contributed by atoms with E-state index in [0.29, 0.717) is 19.0 Å². The third kappa shape index (κ3) is 3.34. The highest BCUT2D eigenvalue weighted by molar-refractivity contribution is 5.92. The summed E-state index contributed by atoms with van der Waals surface area (Å²) < 4.78 is 16.3. The van der Waals surface area contributed by atoms with Gasteiger partial charge in [0.25, 0.3) is 11.5 Å². The molecule has 1 N–H and O–H groups in total. The van der Waals surface area contributed by atoms with Gasteiger partial charge in [0, 0.05) is 27.3 Å². The van der Waals surface area contributed by atoms with E-state index in [0.717, 1.165) is 0 Å². The van der Waals surface area contributed by atoms with E-state index in [1.807, 2.05) is 0 Å². The van der Waals surface area contributed by atoms with Crippen molar-refractivity contribution in [3.8, 4) is 0 Å². The number of carbonyl (C=O) groups excluding carboxylic acids is 1. The van der Waals surface area contributed by atoms with Gasteiger partial charge in [-0.1, -0.05) is 0 Å². The minimum atomic E-state index is -0.360. The van der Waals surface area contributed by atoms with Gasteiger partial charge < -0.3 is 24.1 Å². The normalized spacial score (nSPS) is 25.0. The fourth-order valence-electron chi connectivity index (χ4n) is 2.61. The van der Waals surface area contributed by atoms with Crippen LogP contribution in [-0.4, -0.2) is 73.5 Å². The van der Waals surface area contributed by atoms with E-state index in [9.17, 15) is 9.59 Å². The van der Waals surface area contributed by atoms with Crippen molar-refractivity contribution in [1.82, 2.24) is 14.9 Å². The lowest BCUT2D eigenvalue weighted by Crippen LogP contribution is -2.57. The van der Waals surface area contributed by atoms with E-state index in [1.54, 1.807) is 28.2 Å². The van der Waals surface area contributed by atoms with Crippen LogP contribution >= 0.6 is 0 Å². The molecule has 8 nitrogen and oxygen atoms in total. The number of methoxy groups -OCH3 is 2. The molecule has 1 fully saturated rings. The molecule has 22 heavy (non-hydrogen) atoms. The zero-order valence-corrected chi connectivity index (χ0v) is 13.2. The van der Waals surface area contributed by atoms with Gasteiger partial charge in [0.05, 0.1) is 19.3 Å². The lowest BCUT2D eigenvalue weighted by Gasteiger charge is -2.40. The summed E-state index contributed by atoms with van der Waals surface area (Å²) in [5.74, 6) is 0.0313. The molecule has 1 amide bonds. The Morgan fingerprint density at radius 1 is 1.41 bits per heavy atom. The van der Waals surface area contributed by atoms with Crippen LogP contribution in [0.2, 0.25) is 0 Å². The van der Waals surface area contributed by atoms with Crippen molar-refractivity contribution in [3.63, 3.8) is 0 Å². The molecular weight excluding hydrogens is 290 g/mol. The Balaban J connectivity index is 2.23. The summed E-state index contributed by atoms with van der Waals surface area (Å²) in [4.78, 5) is 32.1. The van der Waals surface area contributed by atoms with Crippen LogP contribution in [0.4, 0.5) is 0 Å². The maximum absolute atomic E-state index is 12.6. The summed E-state index contributed by atoms with van der Waals surface area (Å²) in [6.07, 6.45) is -0.566. The molecule has 0 radical (unpaired) electrons. The summed E-state index contributed by atoms with van der Waals surface area (Å²) in [5.41, 5.74) is -0.264. The van der Waals surface area contributed by atoms with Crippen molar-refractivity contribution < 1.29 is 19.0 Å². The van der Waals surface area contributed by atoms with Crippen LogP contribution in [-0.2, 0) is 14.2 Å². The monoisotopic (exact) mass is 311 g/mol. The number of H-pyrrole nitrogens is 1. The van der Waals surface area contributed by atoms with Gasteiger partial charge in [0.15, 0.2) is 0 Å². The van der Waals surface area contributed by atoms with Crippen LogP contribution in [0.25, 0.3) is 0 Å². The van der Waals surface area contributed by atoms with E-state index in [4.69, 9.17) is 14.2 Å². The summed E-state index contributed by atoms with van der Waals surface area (Å²) >= 11 is 0. The minimum absolute atomic E-state index is 0.0955. The van der Waals surface area contributed by atoms with E-state index in [1.165, 1.54) is 11.0 Å². The average molecular weight is 311 g/mol. The Kier molecular flexibility index (Phi) is 5.28. The van der Waals surface area contributed by atoms with Gasteiger partial charge in [-0.3, -0.25) is 9.59 Å². The maximum atomic E-state index is 12.6. The van der Waals surface area contributed by atoms with Crippen LogP contribution in [0.1, 0.15) is 16.3 Å². The fourth-order valence-corrected chi connectivity index (χ4v) is 2.61. The first-order valence-electron chi connectivity index (χ1n) is 6.96. The molecule has 2 rings (SSSR count). The maximum Gasteiger partial charge on any atom is 0.272 e. The highest BCUT2D eigenvalue weighted by Gasteiger charge is 2.39. The van der Waals surface area contributed by atoms with Gasteiger partial charge in [0.1, 0.15) is 23.7 Å². The first-order chi connectivity index (χ1) is 10.5. The van der Waals surface area contributed by atoms with Crippen molar-refractivity contribution in [3.05, 3.63) is 27.9 Å². The molecule has 0 aromatic carbocycles. The highest BCUT2D eigenvalue weighted by Crippen LogP contribution is 2.19. The predicted octanol–water partition coefficient (Wildman–Crippen LogP) is -0.421. The first kappa shape index (κ1) is 16.6. The summed E-state index contributed by atoms with van der Waals surface area (Å²) in [7, 11) is 4.79. The second-order valence-electron chi connectivity index (χ2n) is 5.21. The molecule has 1 aromatic rings. The van der Waals surface area contributed by atoms with Crippen LogP contribution in [0.5, 0.6) is 0 Å². The number of amides is 1. The lowest BCUT2D eigenvalue weighted by atomic mass is 10.0. The standard InChI is InChI=1S/C14H21N3O5/c1-8-15-9(5-12(18)16-8)14(19)17(2)10-6-22-7-11(20-3)13(10)21-4/h5,10-11,13H,6-7H2,1-4H3,(H,15,16,18)/t10-,11-,13+/m1/s1. The Labute approximate surface area is 128 Å². The second kappa shape index (κ2) is 6.99. The van der Waals surface area contributed by atoms with Crippen LogP contribution in [0.3, 0.4) is 0 Å². The number of ether oxygens (including phenoxy) is 3. The molecule has 3 atom stereocenters. The largest absolute Gasteiger partial charge is 0.376 e. The number of nitrogens with one attached hydrogen (secondary N) is 1. The Morgan fingerprint density at radius 3 is 2.73 bits per heavy atom. The molecule has 0 unspecified atom stereocenters. The van der Waals surface area contributed by atoms with E-state index in [-0.39, 0.29) is 35.4 Å². The Morgan fingerprint density at radius 2 is 2.14 bits per heavy atom. The molecule has 1 aliphatic heterocycles. The highest BCUT2D eigenvalue weighted by atomic mass is 16.6. The first-order valence-corrected chi connectivity index (χ1v) is 6.96. The molecular formula is C14H21N3O5. The fraction of sp³-hybridized carbons (Fsp3) is 0.643. The quantitative estimate of drug-likeness (QED) is 0.811. The summed E-state index contributed by atoms with van der Waals surface area (Å²) in [6, 6.07) is 0.864. The number of likely N-dealkylation sites (N-methyl/N-ethyl adjacent to an activating group) is 1. The Bertz CT molecular complexity index is 588. The average Bonchev–Trinajstić information content (AvgIpc) is 2.51. The van der Waals surface area contributed by atoms with Crippen LogP contribution < -0.4 is 5.56 Å². The number of aromatic amines is 1. The number of aromatic nitrogens is 2. The minimum Gasteiger partial charge on any atom is -0.376 e. The molecule has 0 saturated carbocycles. The van der Waals surface area contributed by atoms with E-state index in [2.05, 4.69) is 9.97 Å². The summed E-state index contributed by atoms with van der Waals surface area (Å²) in [6.45, 7) is 2.37. The topological polar surface area (TPSA) is 93.8 Å². The third-order valence-electron chi connectivity index (χ3n) is 3.79. The van der Waals surface area contributed by atoms with Gasteiger partial charge in [-0.15, -0.1) is 0 Å². The zero-order chi connectivity index (χ0) is 16.3. The molecule has 1 aromatic heterocycles. The van der Waals surface area contributed by atoms with E-state index < -0.39 is 0 Å². The number of hydrogen-bond donors (Lipinski definition) is 1. The van der Waals surface area contributed by atoms with Gasteiger partial charge in [-0.25, -0.2) is 4.98 Å². The van der Waals surface area contributed by atoms with Gasteiger partial charge in [-0.2, -0.15) is 0 Å². The third-order valence-corrected chi connectivity index (χ3v) is 3.79. The smallest absolute Gasteiger partial charge is 0.272 e. The number of aryl methyl sites for hydroxylation is 1. The molecule has 0 bridgehead atoms. The number of hydrogen-bond acceptors (Lipinski definition) is 6. The van der Waals surface area contributed by atoms with Crippen molar-refractivity contribution in [2.45, 2.75) is 25.2 Å². The molecule has 1 aliphatic rings. The molecule has 8 heteroatoms. The molecule has 2 heterocycles. The SMILES string of the molecule is CO[C@H]1[C@H](N(C)C(=O)c2cc(=O)[nH]c(C)n2)COC[C@H]1OC. The molecule has 0 spiro atoms. The molecule has 122 valence electrons. The zero-order valence-electron chi connectivity index (χ0n) is 13.2. The van der Waals surface area contributed by atoms with Gasteiger partial charge in [-0.05, 0) is 6.92 Å². The van der Waals surface area contributed by atoms with Crippen molar-refractivity contribution in [2.24, 2.45) is 0 Å². The second-order valence-corrected chi connectivity index (χ2v) is 5.21. The Hall–Kier alpha value is -1.77. The van der Waals surface area contributed by atoms with Crippen LogP contribution in [0.15, 0.2) is 10.9 Å². The van der Waals surface area contributed by atoms with Gasteiger partial charge >= 0.3 is 0 Å². The van der Waals surface area contributed by atoms with Crippen molar-refractivity contribution in [2.75, 3.05) is 34.5 Å². The van der Waals surface area contributed by atoms with Crippen molar-refractivity contribution >= 4 is 5.91 Å². The lowest BCUT2D eigenvalue weighted by molar-refractivity contribution is -0.147. The molecule has 0 aliphatic carbocycles. The molecule has 1 saturated heterocycles. The van der Waals surface area contributed by atoms with Gasteiger partial charge in [0.2, 0.25) is 0 Å². The number of nitrogens with zero attached hydrogens (tertiary/aromatic N) is 2. The van der Waals surface area contributed by atoms with E-state index >= 15 is 0 Å². The predicted molar refractivity (Wildman–Crippen MR) is 77.9 cm³/mol. The number of rotatable bonds is 4. The number of carbonyl (C=O) groups is 1. The van der Waals surface area contributed by atoms with Crippen molar-refractivity contribution in [1.29, 1.82) is 0 Å².